The van der Waals surface area contributed by atoms with E-state index in [1.165, 1.54) is 5.56 Å². The molecular formula is C21H32N2O. The molecule has 1 N–H and O–H groups in total. The third-order valence-corrected chi connectivity index (χ3v) is 4.45. The molecule has 0 aliphatic carbocycles. The summed E-state index contributed by atoms with van der Waals surface area (Å²) < 4.78 is 0. The van der Waals surface area contributed by atoms with Crippen LogP contribution < -0.4 is 5.32 Å². The molecule has 3 heteroatoms. The van der Waals surface area contributed by atoms with E-state index in [1.807, 2.05) is 18.2 Å². The van der Waals surface area contributed by atoms with Gasteiger partial charge in [0, 0.05) is 19.1 Å². The van der Waals surface area contributed by atoms with Gasteiger partial charge in [-0.2, -0.15) is 0 Å². The molecule has 1 aliphatic rings. The number of amides is 1. The number of piperazine rings is 1. The van der Waals surface area contributed by atoms with Crippen LogP contribution in [0.5, 0.6) is 0 Å². The normalized spacial score (nSPS) is 22.5. The Kier molecular flexibility index (Phi) is 7.04. The molecule has 1 amide bonds. The molecule has 1 heterocycles. The van der Waals surface area contributed by atoms with E-state index in [9.17, 15) is 4.79 Å². The van der Waals surface area contributed by atoms with Gasteiger partial charge in [-0.15, -0.1) is 0 Å². The molecule has 1 aliphatic heterocycles. The second-order valence-electron chi connectivity index (χ2n) is 7.75. The number of nitrogens with one attached hydrogen (secondary N) is 1. The van der Waals surface area contributed by atoms with Crippen LogP contribution in [0.1, 0.15) is 46.1 Å². The SMILES string of the molecule is CC(C)C[C@H]1CN(C/C=C/c2ccccc2)[C@@H](CC(C)C)C(=O)N1. The van der Waals surface area contributed by atoms with Crippen molar-refractivity contribution in [1.29, 1.82) is 0 Å². The Morgan fingerprint density at radius 3 is 2.42 bits per heavy atom. The molecule has 132 valence electrons. The molecule has 2 atom stereocenters. The first-order valence-electron chi connectivity index (χ1n) is 9.21. The zero-order valence-electron chi connectivity index (χ0n) is 15.5. The zero-order chi connectivity index (χ0) is 17.5. The summed E-state index contributed by atoms with van der Waals surface area (Å²) in [4.78, 5) is 14.9. The van der Waals surface area contributed by atoms with Crippen molar-refractivity contribution in [2.75, 3.05) is 13.1 Å². The van der Waals surface area contributed by atoms with E-state index in [0.717, 1.165) is 25.9 Å². The number of hydrogen-bond donors (Lipinski definition) is 1. The third kappa shape index (κ3) is 5.79. The van der Waals surface area contributed by atoms with Gasteiger partial charge in [0.05, 0.1) is 6.04 Å². The van der Waals surface area contributed by atoms with Gasteiger partial charge in [-0.1, -0.05) is 70.2 Å². The van der Waals surface area contributed by atoms with Crippen molar-refractivity contribution in [2.24, 2.45) is 11.8 Å². The summed E-state index contributed by atoms with van der Waals surface area (Å²) in [6.07, 6.45) is 6.29. The fourth-order valence-corrected chi connectivity index (χ4v) is 3.41. The lowest BCUT2D eigenvalue weighted by Gasteiger charge is -2.40. The maximum atomic E-state index is 12.6. The predicted molar refractivity (Wildman–Crippen MR) is 102 cm³/mol. The number of carbonyl (C=O) groups is 1. The summed E-state index contributed by atoms with van der Waals surface area (Å²) in [5, 5.41) is 3.24. The van der Waals surface area contributed by atoms with Gasteiger partial charge in [0.2, 0.25) is 5.91 Å². The Hall–Kier alpha value is -1.61. The fourth-order valence-electron chi connectivity index (χ4n) is 3.41. The van der Waals surface area contributed by atoms with E-state index >= 15 is 0 Å². The van der Waals surface area contributed by atoms with Crippen LogP contribution in [-0.4, -0.2) is 36.0 Å². The van der Waals surface area contributed by atoms with Crippen molar-refractivity contribution in [2.45, 2.75) is 52.6 Å². The van der Waals surface area contributed by atoms with Crippen molar-refractivity contribution < 1.29 is 4.79 Å². The largest absolute Gasteiger partial charge is 0.351 e. The summed E-state index contributed by atoms with van der Waals surface area (Å²) in [5.74, 6) is 1.32. The first kappa shape index (κ1) is 18.7. The highest BCUT2D eigenvalue weighted by molar-refractivity contribution is 5.83. The summed E-state index contributed by atoms with van der Waals surface area (Å²) in [7, 11) is 0. The Morgan fingerprint density at radius 1 is 1.12 bits per heavy atom. The molecular weight excluding hydrogens is 296 g/mol. The lowest BCUT2D eigenvalue weighted by Crippen LogP contribution is -2.60. The van der Waals surface area contributed by atoms with Crippen LogP contribution in [0.2, 0.25) is 0 Å². The molecule has 24 heavy (non-hydrogen) atoms. The van der Waals surface area contributed by atoms with Gasteiger partial charge in [0.25, 0.3) is 0 Å². The first-order chi connectivity index (χ1) is 11.5. The van der Waals surface area contributed by atoms with E-state index in [-0.39, 0.29) is 18.0 Å². The van der Waals surface area contributed by atoms with Gasteiger partial charge >= 0.3 is 0 Å². The molecule has 0 radical (unpaired) electrons. The smallest absolute Gasteiger partial charge is 0.237 e. The molecule has 1 saturated heterocycles. The lowest BCUT2D eigenvalue weighted by molar-refractivity contribution is -0.131. The number of carbonyl (C=O) groups excluding carboxylic acids is 1. The highest BCUT2D eigenvalue weighted by Crippen LogP contribution is 2.19. The maximum absolute atomic E-state index is 12.6. The minimum Gasteiger partial charge on any atom is -0.351 e. The third-order valence-electron chi connectivity index (χ3n) is 4.45. The minimum atomic E-state index is -0.00571. The van der Waals surface area contributed by atoms with Gasteiger partial charge in [0.1, 0.15) is 0 Å². The van der Waals surface area contributed by atoms with Crippen LogP contribution in [-0.2, 0) is 4.79 Å². The Balaban J connectivity index is 2.04. The predicted octanol–water partition coefficient (Wildman–Crippen LogP) is 3.96. The molecule has 2 rings (SSSR count). The number of benzene rings is 1. The average Bonchev–Trinajstić information content (AvgIpc) is 2.51. The van der Waals surface area contributed by atoms with Crippen molar-refractivity contribution in [1.82, 2.24) is 10.2 Å². The van der Waals surface area contributed by atoms with E-state index < -0.39 is 0 Å². The molecule has 0 aromatic heterocycles. The highest BCUT2D eigenvalue weighted by atomic mass is 16.2. The van der Waals surface area contributed by atoms with Crippen molar-refractivity contribution in [3.63, 3.8) is 0 Å². The average molecular weight is 329 g/mol. The number of hydrogen-bond acceptors (Lipinski definition) is 2. The molecule has 0 saturated carbocycles. The van der Waals surface area contributed by atoms with Gasteiger partial charge < -0.3 is 5.32 Å². The second kappa shape index (κ2) is 9.03. The molecule has 3 nitrogen and oxygen atoms in total. The van der Waals surface area contributed by atoms with Gasteiger partial charge in [-0.05, 0) is 30.2 Å². The summed E-state index contributed by atoms with van der Waals surface area (Å²) in [6.45, 7) is 10.6. The second-order valence-corrected chi connectivity index (χ2v) is 7.75. The molecule has 0 unspecified atom stereocenters. The number of rotatable bonds is 7. The minimum absolute atomic E-state index is 0.00571. The van der Waals surface area contributed by atoms with E-state index in [2.05, 4.69) is 62.2 Å². The van der Waals surface area contributed by atoms with Crippen molar-refractivity contribution in [3.05, 3.63) is 42.0 Å². The van der Waals surface area contributed by atoms with Crippen LogP contribution >= 0.6 is 0 Å². The topological polar surface area (TPSA) is 32.3 Å². The summed E-state index contributed by atoms with van der Waals surface area (Å²) in [6, 6.07) is 10.6. The fraction of sp³-hybridized carbons (Fsp3) is 0.571. The standard InChI is InChI=1S/C21H32N2O/c1-16(2)13-19-15-23(20(14-17(3)4)21(24)22-19)12-8-11-18-9-6-5-7-10-18/h5-11,16-17,19-20H,12-15H2,1-4H3,(H,22,24)/b11-8+/t19-,20-/m0/s1. The van der Waals surface area contributed by atoms with Gasteiger partial charge in [-0.25, -0.2) is 0 Å². The Labute approximate surface area is 147 Å². The van der Waals surface area contributed by atoms with Gasteiger partial charge in [-0.3, -0.25) is 9.69 Å². The quantitative estimate of drug-likeness (QED) is 0.821. The summed E-state index contributed by atoms with van der Waals surface area (Å²) >= 11 is 0. The van der Waals surface area contributed by atoms with E-state index in [4.69, 9.17) is 0 Å². The highest BCUT2D eigenvalue weighted by Gasteiger charge is 2.34. The molecule has 1 aromatic carbocycles. The van der Waals surface area contributed by atoms with E-state index in [0.29, 0.717) is 11.8 Å². The molecule has 0 spiro atoms. The molecule has 1 aromatic rings. The lowest BCUT2D eigenvalue weighted by atomic mass is 9.95. The van der Waals surface area contributed by atoms with Crippen LogP contribution in [0.15, 0.2) is 36.4 Å². The first-order valence-corrected chi connectivity index (χ1v) is 9.21. The Morgan fingerprint density at radius 2 is 1.79 bits per heavy atom. The van der Waals surface area contributed by atoms with Gasteiger partial charge in [0.15, 0.2) is 0 Å². The number of nitrogens with zero attached hydrogens (tertiary/aromatic N) is 1. The van der Waals surface area contributed by atoms with Crippen molar-refractivity contribution >= 4 is 12.0 Å². The van der Waals surface area contributed by atoms with Crippen LogP contribution in [0.25, 0.3) is 6.08 Å². The van der Waals surface area contributed by atoms with Crippen LogP contribution in [0.4, 0.5) is 0 Å². The van der Waals surface area contributed by atoms with E-state index in [1.54, 1.807) is 0 Å². The van der Waals surface area contributed by atoms with Crippen molar-refractivity contribution in [3.8, 4) is 0 Å². The Bertz CT molecular complexity index is 536. The summed E-state index contributed by atoms with van der Waals surface area (Å²) in [5.41, 5.74) is 1.21. The molecule has 0 bridgehead atoms. The molecule has 1 fully saturated rings. The monoisotopic (exact) mass is 328 g/mol. The van der Waals surface area contributed by atoms with Crippen LogP contribution in [0.3, 0.4) is 0 Å². The van der Waals surface area contributed by atoms with Crippen LogP contribution in [0, 0.1) is 11.8 Å². The zero-order valence-corrected chi connectivity index (χ0v) is 15.5. The maximum Gasteiger partial charge on any atom is 0.237 e.